The van der Waals surface area contributed by atoms with Crippen LogP contribution in [-0.4, -0.2) is 65.5 Å². The third-order valence-electron chi connectivity index (χ3n) is 9.73. The second-order valence-corrected chi connectivity index (χ2v) is 14.5. The highest BCUT2D eigenvalue weighted by Gasteiger charge is 2.29. The summed E-state index contributed by atoms with van der Waals surface area (Å²) >= 11 is 1.64. The SMILES string of the molecule is CCC(=O)N[C@@H](Cc1nc2ccc(C(C)C)cc2s1)C(=O)N[C@H](CCCC(C)NC1CCN(CC)CC1)C1CCCCC1. The maximum atomic E-state index is 13.9. The standard InChI is InChI=1S/C35H57N5O2S/c1-6-33(41)37-31(23-34-38-30-17-16-27(24(3)4)22-32(30)43-34)35(42)39-29(26-13-9-8-10-14-26)15-11-12-25(5)36-28-18-20-40(7-2)21-19-28/h16-17,22,24-26,28-29,31,36H,6-15,18-21,23H2,1-5H3,(H,37,41)(H,39,42)/t25?,29-,31+/m1/s1. The van der Waals surface area contributed by atoms with Crippen molar-refractivity contribution in [2.45, 2.75) is 142 Å². The van der Waals surface area contributed by atoms with Crippen molar-refractivity contribution < 1.29 is 9.59 Å². The van der Waals surface area contributed by atoms with Crippen LogP contribution in [0.1, 0.15) is 122 Å². The number of hydrogen-bond donors (Lipinski definition) is 3. The van der Waals surface area contributed by atoms with Gasteiger partial charge in [0.15, 0.2) is 0 Å². The van der Waals surface area contributed by atoms with Crippen LogP contribution < -0.4 is 16.0 Å². The maximum absolute atomic E-state index is 13.9. The molecular weight excluding hydrogens is 554 g/mol. The molecule has 43 heavy (non-hydrogen) atoms. The predicted molar refractivity (Wildman–Crippen MR) is 180 cm³/mol. The van der Waals surface area contributed by atoms with Gasteiger partial charge in [-0.05, 0) is 101 Å². The second kappa shape index (κ2) is 16.9. The predicted octanol–water partition coefficient (Wildman–Crippen LogP) is 6.55. The number of hydrogen-bond acceptors (Lipinski definition) is 6. The van der Waals surface area contributed by atoms with Gasteiger partial charge < -0.3 is 20.9 Å². The van der Waals surface area contributed by atoms with E-state index >= 15 is 0 Å². The van der Waals surface area contributed by atoms with Crippen molar-refractivity contribution in [3.05, 3.63) is 28.8 Å². The van der Waals surface area contributed by atoms with Gasteiger partial charge in [0.1, 0.15) is 6.04 Å². The molecule has 1 aliphatic heterocycles. The molecule has 240 valence electrons. The summed E-state index contributed by atoms with van der Waals surface area (Å²) in [5.74, 6) is 0.807. The number of carbonyl (C=O) groups excluding carboxylic acids is 2. The highest BCUT2D eigenvalue weighted by Crippen LogP contribution is 2.30. The summed E-state index contributed by atoms with van der Waals surface area (Å²) in [5, 5.41) is 11.3. The van der Waals surface area contributed by atoms with Gasteiger partial charge in [-0.3, -0.25) is 9.59 Å². The Bertz CT molecular complexity index is 1150. The van der Waals surface area contributed by atoms with Gasteiger partial charge in [-0.2, -0.15) is 0 Å². The van der Waals surface area contributed by atoms with Crippen LogP contribution in [0.5, 0.6) is 0 Å². The van der Waals surface area contributed by atoms with E-state index in [1.165, 1.54) is 63.6 Å². The first kappa shape index (κ1) is 33.9. The largest absolute Gasteiger partial charge is 0.351 e. The van der Waals surface area contributed by atoms with Gasteiger partial charge in [0.25, 0.3) is 0 Å². The Hall–Kier alpha value is -2.03. The Morgan fingerprint density at radius 3 is 2.42 bits per heavy atom. The van der Waals surface area contributed by atoms with Crippen LogP contribution in [0, 0.1) is 5.92 Å². The number of fused-ring (bicyclic) bond motifs is 1. The Morgan fingerprint density at radius 2 is 1.74 bits per heavy atom. The topological polar surface area (TPSA) is 86.4 Å². The highest BCUT2D eigenvalue weighted by molar-refractivity contribution is 7.18. The lowest BCUT2D eigenvalue weighted by Gasteiger charge is -2.34. The van der Waals surface area contributed by atoms with Gasteiger partial charge in [-0.1, -0.05) is 53.0 Å². The molecule has 1 aromatic heterocycles. The van der Waals surface area contributed by atoms with Gasteiger partial charge in [0.2, 0.25) is 11.8 Å². The van der Waals surface area contributed by atoms with Gasteiger partial charge in [-0.25, -0.2) is 4.98 Å². The molecule has 2 heterocycles. The van der Waals surface area contributed by atoms with Crippen LogP contribution in [0.15, 0.2) is 18.2 Å². The van der Waals surface area contributed by atoms with E-state index in [0.717, 1.165) is 41.0 Å². The molecule has 8 heteroatoms. The van der Waals surface area contributed by atoms with E-state index in [9.17, 15) is 9.59 Å². The van der Waals surface area contributed by atoms with Crippen LogP contribution in [-0.2, 0) is 16.0 Å². The molecule has 1 aliphatic carbocycles. The Balaban J connectivity index is 1.38. The molecule has 7 nitrogen and oxygen atoms in total. The first-order valence-electron chi connectivity index (χ1n) is 17.2. The summed E-state index contributed by atoms with van der Waals surface area (Å²) in [5.41, 5.74) is 2.25. The van der Waals surface area contributed by atoms with Crippen molar-refractivity contribution >= 4 is 33.4 Å². The lowest BCUT2D eigenvalue weighted by atomic mass is 9.81. The van der Waals surface area contributed by atoms with Crippen molar-refractivity contribution in [1.82, 2.24) is 25.8 Å². The molecule has 1 saturated carbocycles. The molecule has 1 unspecified atom stereocenters. The highest BCUT2D eigenvalue weighted by atomic mass is 32.1. The first-order valence-corrected chi connectivity index (χ1v) is 18.0. The van der Waals surface area contributed by atoms with Crippen molar-refractivity contribution in [2.75, 3.05) is 19.6 Å². The smallest absolute Gasteiger partial charge is 0.243 e. The fourth-order valence-corrected chi connectivity index (χ4v) is 7.97. The van der Waals surface area contributed by atoms with Crippen molar-refractivity contribution in [3.8, 4) is 0 Å². The molecule has 3 atom stereocenters. The molecule has 2 fully saturated rings. The second-order valence-electron chi connectivity index (χ2n) is 13.4. The fraction of sp³-hybridized carbons (Fsp3) is 0.743. The van der Waals surface area contributed by atoms with E-state index in [-0.39, 0.29) is 17.9 Å². The van der Waals surface area contributed by atoms with Gasteiger partial charge in [0, 0.05) is 31.0 Å². The Kier molecular flexibility index (Phi) is 13.3. The van der Waals surface area contributed by atoms with Crippen molar-refractivity contribution in [3.63, 3.8) is 0 Å². The first-order chi connectivity index (χ1) is 20.7. The van der Waals surface area contributed by atoms with E-state index in [0.29, 0.717) is 36.8 Å². The van der Waals surface area contributed by atoms with E-state index < -0.39 is 6.04 Å². The summed E-state index contributed by atoms with van der Waals surface area (Å²) in [7, 11) is 0. The number of aromatic nitrogens is 1. The van der Waals surface area contributed by atoms with Gasteiger partial charge in [-0.15, -0.1) is 11.3 Å². The third-order valence-corrected chi connectivity index (χ3v) is 10.8. The number of thiazole rings is 1. The van der Waals surface area contributed by atoms with Crippen LogP contribution in [0.2, 0.25) is 0 Å². The molecular formula is C35H57N5O2S. The summed E-state index contributed by atoms with van der Waals surface area (Å²) in [4.78, 5) is 33.8. The number of rotatable bonds is 15. The number of likely N-dealkylation sites (tertiary alicyclic amines) is 1. The normalized spacial score (nSPS) is 19.4. The van der Waals surface area contributed by atoms with E-state index in [2.05, 4.69) is 66.7 Å². The van der Waals surface area contributed by atoms with Gasteiger partial charge >= 0.3 is 0 Å². The number of nitrogens with one attached hydrogen (secondary N) is 3. The van der Waals surface area contributed by atoms with Crippen LogP contribution in [0.25, 0.3) is 10.2 Å². The minimum atomic E-state index is -0.613. The number of piperidine rings is 1. The molecule has 2 amide bonds. The summed E-state index contributed by atoms with van der Waals surface area (Å²) in [6, 6.07) is 7.06. The average molecular weight is 612 g/mol. The molecule has 3 N–H and O–H groups in total. The Morgan fingerprint density at radius 1 is 1.00 bits per heavy atom. The van der Waals surface area contributed by atoms with Crippen LogP contribution in [0.3, 0.4) is 0 Å². The molecule has 0 bridgehead atoms. The minimum absolute atomic E-state index is 0.0617. The zero-order valence-corrected chi connectivity index (χ0v) is 28.2. The van der Waals surface area contributed by atoms with Crippen molar-refractivity contribution in [1.29, 1.82) is 0 Å². The van der Waals surface area contributed by atoms with Gasteiger partial charge in [0.05, 0.1) is 15.2 Å². The fourth-order valence-electron chi connectivity index (χ4n) is 6.91. The number of amides is 2. The maximum Gasteiger partial charge on any atom is 0.243 e. The zero-order chi connectivity index (χ0) is 30.8. The van der Waals surface area contributed by atoms with E-state index in [1.807, 2.05) is 6.92 Å². The molecule has 1 saturated heterocycles. The number of benzene rings is 1. The molecule has 4 rings (SSSR count). The molecule has 0 radical (unpaired) electrons. The molecule has 2 aliphatic rings. The summed E-state index contributed by atoms with van der Waals surface area (Å²) in [6.45, 7) is 14.3. The summed E-state index contributed by atoms with van der Waals surface area (Å²) in [6.07, 6.45) is 12.6. The molecule has 0 spiro atoms. The lowest BCUT2D eigenvalue weighted by Crippen LogP contribution is -2.52. The lowest BCUT2D eigenvalue weighted by molar-refractivity contribution is -0.129. The monoisotopic (exact) mass is 611 g/mol. The minimum Gasteiger partial charge on any atom is -0.351 e. The Labute approximate surface area is 264 Å². The zero-order valence-electron chi connectivity index (χ0n) is 27.4. The van der Waals surface area contributed by atoms with Crippen molar-refractivity contribution in [2.24, 2.45) is 5.92 Å². The quantitative estimate of drug-likeness (QED) is 0.213. The molecule has 2 aromatic rings. The average Bonchev–Trinajstić information content (AvgIpc) is 3.42. The number of nitrogens with zero attached hydrogens (tertiary/aromatic N) is 2. The number of carbonyl (C=O) groups is 2. The van der Waals surface area contributed by atoms with E-state index in [1.54, 1.807) is 11.3 Å². The van der Waals surface area contributed by atoms with E-state index in [4.69, 9.17) is 4.98 Å². The van der Waals surface area contributed by atoms with Crippen LogP contribution >= 0.6 is 11.3 Å². The third kappa shape index (κ3) is 10.3. The van der Waals surface area contributed by atoms with Crippen LogP contribution in [0.4, 0.5) is 0 Å². The molecule has 1 aromatic carbocycles. The summed E-state index contributed by atoms with van der Waals surface area (Å²) < 4.78 is 1.14.